The molecule has 0 saturated heterocycles. The van der Waals surface area contributed by atoms with Crippen LogP contribution in [-0.4, -0.2) is 22.4 Å². The van der Waals surface area contributed by atoms with Crippen LogP contribution in [0.5, 0.6) is 0 Å². The second kappa shape index (κ2) is 6.14. The molecule has 0 saturated carbocycles. The Balaban J connectivity index is 2.67. The third-order valence-corrected chi connectivity index (χ3v) is 2.01. The van der Waals surface area contributed by atoms with Crippen LogP contribution in [0.25, 0.3) is 0 Å². The number of amides is 1. The van der Waals surface area contributed by atoms with Gasteiger partial charge in [0, 0.05) is 18.0 Å². The van der Waals surface area contributed by atoms with Crippen LogP contribution in [0.4, 0.5) is 4.79 Å². The molecule has 0 radical (unpaired) electrons. The Morgan fingerprint density at radius 1 is 1.50 bits per heavy atom. The van der Waals surface area contributed by atoms with Crippen LogP contribution in [0.2, 0.25) is 0 Å². The maximum absolute atomic E-state index is 11.5. The Morgan fingerprint density at radius 2 is 2.22 bits per heavy atom. The molecule has 0 aromatic carbocycles. The number of rotatable bonds is 3. The number of pyridine rings is 1. The van der Waals surface area contributed by atoms with Crippen LogP contribution in [0, 0.1) is 0 Å². The first-order valence-corrected chi connectivity index (χ1v) is 5.88. The van der Waals surface area contributed by atoms with Crippen molar-refractivity contribution in [2.24, 2.45) is 5.10 Å². The van der Waals surface area contributed by atoms with Crippen molar-refractivity contribution in [2.45, 2.75) is 39.7 Å². The van der Waals surface area contributed by atoms with Gasteiger partial charge in [-0.25, -0.2) is 10.2 Å². The van der Waals surface area contributed by atoms with Crippen molar-refractivity contribution < 1.29 is 9.53 Å². The van der Waals surface area contributed by atoms with E-state index in [2.05, 4.69) is 15.5 Å². The lowest BCUT2D eigenvalue weighted by Crippen LogP contribution is -2.30. The fraction of sp³-hybridized carbons (Fsp3) is 0.462. The molecule has 1 amide bonds. The van der Waals surface area contributed by atoms with E-state index < -0.39 is 11.7 Å². The topological polar surface area (TPSA) is 63.6 Å². The highest BCUT2D eigenvalue weighted by molar-refractivity contribution is 6.00. The number of hydrazone groups is 1. The molecule has 0 aliphatic heterocycles. The van der Waals surface area contributed by atoms with Crippen LogP contribution in [0.3, 0.4) is 0 Å². The van der Waals surface area contributed by atoms with E-state index in [1.807, 2.05) is 19.1 Å². The van der Waals surface area contributed by atoms with E-state index in [9.17, 15) is 4.79 Å². The summed E-state index contributed by atoms with van der Waals surface area (Å²) in [6.45, 7) is 7.37. The number of aromatic nitrogens is 1. The fourth-order valence-corrected chi connectivity index (χ4v) is 1.30. The Bertz CT molecular complexity index is 422. The SMILES string of the molecule is CCC(=NNC(=O)OC(C)(C)C)c1cccnc1. The summed E-state index contributed by atoms with van der Waals surface area (Å²) in [5, 5.41) is 4.05. The van der Waals surface area contributed by atoms with Gasteiger partial charge >= 0.3 is 6.09 Å². The molecule has 98 valence electrons. The smallest absolute Gasteiger partial charge is 0.428 e. The molecule has 0 aliphatic carbocycles. The summed E-state index contributed by atoms with van der Waals surface area (Å²) in [7, 11) is 0. The molecule has 1 heterocycles. The third-order valence-electron chi connectivity index (χ3n) is 2.01. The molecule has 0 fully saturated rings. The minimum atomic E-state index is -0.558. The summed E-state index contributed by atoms with van der Waals surface area (Å²) in [5.74, 6) is 0. The van der Waals surface area contributed by atoms with Crippen molar-refractivity contribution in [1.82, 2.24) is 10.4 Å². The van der Waals surface area contributed by atoms with Crippen molar-refractivity contribution in [3.63, 3.8) is 0 Å². The molecular weight excluding hydrogens is 230 g/mol. The van der Waals surface area contributed by atoms with E-state index in [1.165, 1.54) is 0 Å². The highest BCUT2D eigenvalue weighted by Gasteiger charge is 2.15. The first-order chi connectivity index (χ1) is 8.42. The summed E-state index contributed by atoms with van der Waals surface area (Å²) < 4.78 is 5.10. The predicted octanol–water partition coefficient (Wildman–Crippen LogP) is 2.72. The molecule has 1 N–H and O–H groups in total. The molecule has 0 bridgehead atoms. The molecule has 0 atom stereocenters. The number of hydrogen-bond donors (Lipinski definition) is 1. The van der Waals surface area contributed by atoms with E-state index in [0.29, 0.717) is 6.42 Å². The Hall–Kier alpha value is -1.91. The average Bonchev–Trinajstić information content (AvgIpc) is 2.29. The minimum absolute atomic E-state index is 0.527. The fourth-order valence-electron chi connectivity index (χ4n) is 1.30. The minimum Gasteiger partial charge on any atom is -0.443 e. The van der Waals surface area contributed by atoms with Gasteiger partial charge in [-0.05, 0) is 33.3 Å². The van der Waals surface area contributed by atoms with Gasteiger partial charge in [-0.1, -0.05) is 13.0 Å². The lowest BCUT2D eigenvalue weighted by Gasteiger charge is -2.18. The number of nitrogens with zero attached hydrogens (tertiary/aromatic N) is 2. The molecular formula is C13H19N3O2. The van der Waals surface area contributed by atoms with Crippen molar-refractivity contribution in [2.75, 3.05) is 0 Å². The molecule has 0 unspecified atom stereocenters. The second-order valence-corrected chi connectivity index (χ2v) is 4.77. The quantitative estimate of drug-likeness (QED) is 0.661. The lowest BCUT2D eigenvalue weighted by molar-refractivity contribution is 0.0529. The van der Waals surface area contributed by atoms with Gasteiger partial charge in [0.2, 0.25) is 0 Å². The lowest BCUT2D eigenvalue weighted by atomic mass is 10.1. The van der Waals surface area contributed by atoms with Gasteiger partial charge in [-0.2, -0.15) is 5.10 Å². The molecule has 1 aromatic rings. The first kappa shape index (κ1) is 14.2. The molecule has 18 heavy (non-hydrogen) atoms. The van der Waals surface area contributed by atoms with E-state index in [-0.39, 0.29) is 0 Å². The van der Waals surface area contributed by atoms with Gasteiger partial charge in [-0.15, -0.1) is 0 Å². The van der Waals surface area contributed by atoms with Crippen molar-refractivity contribution in [3.05, 3.63) is 30.1 Å². The van der Waals surface area contributed by atoms with Gasteiger partial charge in [0.05, 0.1) is 5.71 Å². The largest absolute Gasteiger partial charge is 0.443 e. The summed E-state index contributed by atoms with van der Waals surface area (Å²) in [4.78, 5) is 15.5. The van der Waals surface area contributed by atoms with E-state index >= 15 is 0 Å². The van der Waals surface area contributed by atoms with Gasteiger partial charge in [0.25, 0.3) is 0 Å². The highest BCUT2D eigenvalue weighted by Crippen LogP contribution is 2.07. The van der Waals surface area contributed by atoms with Gasteiger partial charge < -0.3 is 4.74 Å². The second-order valence-electron chi connectivity index (χ2n) is 4.77. The zero-order valence-electron chi connectivity index (χ0n) is 11.2. The molecule has 0 aliphatic rings. The Morgan fingerprint density at radius 3 is 2.72 bits per heavy atom. The predicted molar refractivity (Wildman–Crippen MR) is 70.4 cm³/mol. The zero-order valence-corrected chi connectivity index (χ0v) is 11.2. The van der Waals surface area contributed by atoms with Crippen LogP contribution in [0.1, 0.15) is 39.7 Å². The standard InChI is InChI=1S/C13H19N3O2/c1-5-11(10-7-6-8-14-9-10)15-16-12(17)18-13(2,3)4/h6-9H,5H2,1-4H3,(H,16,17). The summed E-state index contributed by atoms with van der Waals surface area (Å²) in [5.41, 5.74) is 3.50. The van der Waals surface area contributed by atoms with Crippen LogP contribution < -0.4 is 5.43 Å². The summed E-state index contributed by atoms with van der Waals surface area (Å²) in [6.07, 6.45) is 3.54. The highest BCUT2D eigenvalue weighted by atomic mass is 16.6. The van der Waals surface area contributed by atoms with Crippen molar-refractivity contribution in [3.8, 4) is 0 Å². The maximum atomic E-state index is 11.5. The molecule has 1 rings (SSSR count). The molecule has 5 nitrogen and oxygen atoms in total. The molecule has 0 spiro atoms. The van der Waals surface area contributed by atoms with E-state index in [4.69, 9.17) is 4.74 Å². The van der Waals surface area contributed by atoms with Gasteiger partial charge in [-0.3, -0.25) is 4.98 Å². The van der Waals surface area contributed by atoms with Crippen LogP contribution in [0.15, 0.2) is 29.6 Å². The number of carbonyl (C=O) groups excluding carboxylic acids is 1. The third kappa shape index (κ3) is 4.95. The van der Waals surface area contributed by atoms with Gasteiger partial charge in [0.15, 0.2) is 0 Å². The van der Waals surface area contributed by atoms with E-state index in [1.54, 1.807) is 33.2 Å². The first-order valence-electron chi connectivity index (χ1n) is 5.88. The van der Waals surface area contributed by atoms with E-state index in [0.717, 1.165) is 11.3 Å². The summed E-state index contributed by atoms with van der Waals surface area (Å²) in [6, 6.07) is 3.72. The monoisotopic (exact) mass is 249 g/mol. The van der Waals surface area contributed by atoms with Crippen molar-refractivity contribution >= 4 is 11.8 Å². The number of hydrogen-bond acceptors (Lipinski definition) is 4. The maximum Gasteiger partial charge on any atom is 0.428 e. The molecule has 1 aromatic heterocycles. The number of nitrogens with one attached hydrogen (secondary N) is 1. The number of carbonyl (C=O) groups is 1. The van der Waals surface area contributed by atoms with Crippen LogP contribution >= 0.6 is 0 Å². The normalized spacial score (nSPS) is 12.1. The summed E-state index contributed by atoms with van der Waals surface area (Å²) >= 11 is 0. The van der Waals surface area contributed by atoms with Gasteiger partial charge in [0.1, 0.15) is 5.60 Å². The molecule has 5 heteroatoms. The van der Waals surface area contributed by atoms with Crippen LogP contribution in [-0.2, 0) is 4.74 Å². The zero-order chi connectivity index (χ0) is 13.6. The van der Waals surface area contributed by atoms with Crippen molar-refractivity contribution in [1.29, 1.82) is 0 Å². The number of ether oxygens (including phenoxy) is 1. The average molecular weight is 249 g/mol. The Labute approximate surface area is 107 Å². The Kier molecular flexibility index (Phi) is 4.83.